The largest absolute Gasteiger partial charge is 0.354 e. The first-order valence-electron chi connectivity index (χ1n) is 8.10. The first kappa shape index (κ1) is 16.0. The number of fused-ring (bicyclic) bond motifs is 1. The number of rotatable bonds is 3. The number of pyridine rings is 1. The molecule has 0 radical (unpaired) electrons. The second kappa shape index (κ2) is 6.12. The van der Waals surface area contributed by atoms with E-state index in [1.807, 2.05) is 30.5 Å². The van der Waals surface area contributed by atoms with E-state index in [1.165, 1.54) is 10.6 Å². The van der Waals surface area contributed by atoms with Gasteiger partial charge in [-0.1, -0.05) is 6.07 Å². The van der Waals surface area contributed by atoms with Gasteiger partial charge in [-0.05, 0) is 29.8 Å². The molecule has 0 aliphatic carbocycles. The lowest BCUT2D eigenvalue weighted by molar-refractivity contribution is 0.387. The van der Waals surface area contributed by atoms with E-state index in [4.69, 9.17) is 0 Å². The predicted molar refractivity (Wildman–Crippen MR) is 98.0 cm³/mol. The summed E-state index contributed by atoms with van der Waals surface area (Å²) in [6.45, 7) is 2.30. The lowest BCUT2D eigenvalue weighted by atomic mass is 10.1. The number of anilines is 1. The number of nitrogens with zero attached hydrogens (tertiary/aromatic N) is 4. The van der Waals surface area contributed by atoms with E-state index >= 15 is 0 Å². The van der Waals surface area contributed by atoms with Gasteiger partial charge in [-0.15, -0.1) is 0 Å². The maximum Gasteiger partial charge on any atom is 0.211 e. The van der Waals surface area contributed by atoms with Crippen LogP contribution in [0.2, 0.25) is 0 Å². The molecule has 8 heteroatoms. The fraction of sp³-hybridized carbons (Fsp3) is 0.294. The molecule has 1 aromatic carbocycles. The molecule has 2 aromatic heterocycles. The van der Waals surface area contributed by atoms with Gasteiger partial charge in [0.15, 0.2) is 0 Å². The van der Waals surface area contributed by atoms with Crippen LogP contribution in [0.25, 0.3) is 22.2 Å². The number of benzene rings is 1. The van der Waals surface area contributed by atoms with Crippen LogP contribution in [-0.4, -0.2) is 60.1 Å². The predicted octanol–water partition coefficient (Wildman–Crippen LogP) is 1.71. The van der Waals surface area contributed by atoms with Gasteiger partial charge in [0, 0.05) is 37.9 Å². The summed E-state index contributed by atoms with van der Waals surface area (Å²) < 4.78 is 24.7. The highest BCUT2D eigenvalue weighted by atomic mass is 32.2. The Morgan fingerprint density at radius 3 is 2.44 bits per heavy atom. The van der Waals surface area contributed by atoms with Gasteiger partial charge in [-0.2, -0.15) is 4.31 Å². The Hall–Kier alpha value is -2.45. The first-order valence-corrected chi connectivity index (χ1v) is 9.95. The molecule has 130 valence electrons. The fourth-order valence-corrected chi connectivity index (χ4v) is 3.93. The summed E-state index contributed by atoms with van der Waals surface area (Å²) in [5.74, 6) is 0.875. The summed E-state index contributed by atoms with van der Waals surface area (Å²) in [5, 5.41) is 0. The van der Waals surface area contributed by atoms with Gasteiger partial charge in [0.1, 0.15) is 5.82 Å². The average molecular weight is 357 g/mol. The average Bonchev–Trinajstić information content (AvgIpc) is 3.09. The molecule has 0 saturated carbocycles. The van der Waals surface area contributed by atoms with Crippen molar-refractivity contribution in [3.05, 3.63) is 42.9 Å². The van der Waals surface area contributed by atoms with Crippen LogP contribution < -0.4 is 4.90 Å². The van der Waals surface area contributed by atoms with Crippen molar-refractivity contribution in [3.8, 4) is 11.1 Å². The Bertz CT molecular complexity index is 989. The lowest BCUT2D eigenvalue weighted by Crippen LogP contribution is -2.48. The second-order valence-electron chi connectivity index (χ2n) is 6.19. The summed E-state index contributed by atoms with van der Waals surface area (Å²) in [7, 11) is -3.11. The van der Waals surface area contributed by atoms with Crippen LogP contribution in [0.5, 0.6) is 0 Å². The molecule has 1 N–H and O–H groups in total. The maximum absolute atomic E-state index is 11.6. The fourth-order valence-electron chi connectivity index (χ4n) is 3.11. The number of nitrogens with one attached hydrogen (secondary N) is 1. The molecule has 1 aliphatic heterocycles. The van der Waals surface area contributed by atoms with E-state index in [9.17, 15) is 8.42 Å². The Morgan fingerprint density at radius 1 is 1.00 bits per heavy atom. The van der Waals surface area contributed by atoms with Crippen molar-refractivity contribution in [2.24, 2.45) is 0 Å². The molecule has 3 aromatic rings. The third kappa shape index (κ3) is 3.22. The minimum Gasteiger partial charge on any atom is -0.354 e. The molecule has 0 unspecified atom stereocenters. The quantitative estimate of drug-likeness (QED) is 0.772. The maximum atomic E-state index is 11.6. The number of imidazole rings is 1. The van der Waals surface area contributed by atoms with Gasteiger partial charge < -0.3 is 9.88 Å². The van der Waals surface area contributed by atoms with Crippen LogP contribution in [0.4, 0.5) is 5.82 Å². The molecule has 3 heterocycles. The summed E-state index contributed by atoms with van der Waals surface area (Å²) in [5.41, 5.74) is 4.06. The smallest absolute Gasteiger partial charge is 0.211 e. The minimum absolute atomic E-state index is 0.499. The van der Waals surface area contributed by atoms with Gasteiger partial charge in [0.2, 0.25) is 10.0 Å². The van der Waals surface area contributed by atoms with E-state index in [2.05, 4.69) is 25.9 Å². The van der Waals surface area contributed by atoms with E-state index < -0.39 is 10.0 Å². The van der Waals surface area contributed by atoms with Gasteiger partial charge in [0.05, 0.1) is 23.6 Å². The highest BCUT2D eigenvalue weighted by Gasteiger charge is 2.23. The van der Waals surface area contributed by atoms with E-state index in [0.717, 1.165) is 28.0 Å². The van der Waals surface area contributed by atoms with Crippen molar-refractivity contribution >= 4 is 26.9 Å². The zero-order chi connectivity index (χ0) is 17.4. The van der Waals surface area contributed by atoms with Crippen molar-refractivity contribution in [3.63, 3.8) is 0 Å². The Morgan fingerprint density at radius 2 is 1.76 bits per heavy atom. The number of sulfonamides is 1. The molecule has 0 spiro atoms. The molecule has 1 saturated heterocycles. The van der Waals surface area contributed by atoms with Crippen molar-refractivity contribution in [2.45, 2.75) is 0 Å². The Labute approximate surface area is 146 Å². The SMILES string of the molecule is CS(=O)(=O)N1CCN(c2ccc(-c3ccc4nc[nH]c4c3)cn2)CC1. The third-order valence-corrected chi connectivity index (χ3v) is 5.84. The molecule has 1 fully saturated rings. The summed E-state index contributed by atoms with van der Waals surface area (Å²) in [6, 6.07) is 10.1. The molecule has 0 amide bonds. The van der Waals surface area contributed by atoms with E-state index in [0.29, 0.717) is 26.2 Å². The minimum atomic E-state index is -3.11. The Kier molecular flexibility index (Phi) is 3.93. The molecule has 0 atom stereocenters. The van der Waals surface area contributed by atoms with Gasteiger partial charge in [0.25, 0.3) is 0 Å². The van der Waals surface area contributed by atoms with Gasteiger partial charge in [-0.25, -0.2) is 18.4 Å². The summed E-state index contributed by atoms with van der Waals surface area (Å²) >= 11 is 0. The number of H-pyrrole nitrogens is 1. The monoisotopic (exact) mass is 357 g/mol. The zero-order valence-corrected chi connectivity index (χ0v) is 14.7. The van der Waals surface area contributed by atoms with Gasteiger partial charge in [-0.3, -0.25) is 0 Å². The van der Waals surface area contributed by atoms with Crippen LogP contribution in [0, 0.1) is 0 Å². The summed E-state index contributed by atoms with van der Waals surface area (Å²) in [4.78, 5) is 14.0. The zero-order valence-electron chi connectivity index (χ0n) is 13.9. The van der Waals surface area contributed by atoms with Crippen molar-refractivity contribution in [2.75, 3.05) is 37.3 Å². The second-order valence-corrected chi connectivity index (χ2v) is 8.17. The van der Waals surface area contributed by atoms with Gasteiger partial charge >= 0.3 is 0 Å². The van der Waals surface area contributed by atoms with Crippen LogP contribution >= 0.6 is 0 Å². The van der Waals surface area contributed by atoms with Crippen molar-refractivity contribution < 1.29 is 8.42 Å². The number of aromatic nitrogens is 3. The van der Waals surface area contributed by atoms with Crippen molar-refractivity contribution in [1.29, 1.82) is 0 Å². The Balaban J connectivity index is 1.50. The normalized spacial score (nSPS) is 16.4. The lowest BCUT2D eigenvalue weighted by Gasteiger charge is -2.34. The van der Waals surface area contributed by atoms with Crippen LogP contribution in [0.1, 0.15) is 0 Å². The van der Waals surface area contributed by atoms with E-state index in [-0.39, 0.29) is 0 Å². The highest BCUT2D eigenvalue weighted by molar-refractivity contribution is 7.88. The number of aromatic amines is 1. The molecule has 1 aliphatic rings. The number of piperazine rings is 1. The third-order valence-electron chi connectivity index (χ3n) is 4.53. The van der Waals surface area contributed by atoms with Crippen LogP contribution in [0.3, 0.4) is 0 Å². The topological polar surface area (TPSA) is 82.2 Å². The molecule has 7 nitrogen and oxygen atoms in total. The molecule has 25 heavy (non-hydrogen) atoms. The molecular formula is C17H19N5O2S. The standard InChI is InChI=1S/C17H19N5O2S/c1-25(23,24)22-8-6-21(7-9-22)17-5-3-14(11-18-17)13-2-4-15-16(10-13)20-12-19-15/h2-5,10-12H,6-9H2,1H3,(H,19,20). The number of hydrogen-bond acceptors (Lipinski definition) is 5. The summed E-state index contributed by atoms with van der Waals surface area (Å²) in [6.07, 6.45) is 4.80. The van der Waals surface area contributed by atoms with Crippen LogP contribution in [0.15, 0.2) is 42.9 Å². The van der Waals surface area contributed by atoms with Crippen LogP contribution in [-0.2, 0) is 10.0 Å². The first-order chi connectivity index (χ1) is 12.0. The molecule has 4 rings (SSSR count). The van der Waals surface area contributed by atoms with Crippen molar-refractivity contribution in [1.82, 2.24) is 19.3 Å². The molecular weight excluding hydrogens is 338 g/mol. The van der Waals surface area contributed by atoms with E-state index in [1.54, 1.807) is 6.33 Å². The molecule has 0 bridgehead atoms. The highest BCUT2D eigenvalue weighted by Crippen LogP contribution is 2.24. The number of hydrogen-bond donors (Lipinski definition) is 1.